The van der Waals surface area contributed by atoms with Crippen LogP contribution in [-0.2, 0) is 11.2 Å². The molecule has 0 unspecified atom stereocenters. The van der Waals surface area contributed by atoms with E-state index in [9.17, 15) is 4.79 Å². The first kappa shape index (κ1) is 20.5. The van der Waals surface area contributed by atoms with E-state index in [2.05, 4.69) is 54.3 Å². The lowest BCUT2D eigenvalue weighted by atomic mass is 9.92. The number of hydrogen-bond donors (Lipinski definition) is 0. The molecule has 1 aromatic heterocycles. The van der Waals surface area contributed by atoms with Gasteiger partial charge in [0.1, 0.15) is 0 Å². The summed E-state index contributed by atoms with van der Waals surface area (Å²) in [5, 5.41) is 0. The van der Waals surface area contributed by atoms with Gasteiger partial charge in [0.05, 0.1) is 6.54 Å². The molecule has 1 aliphatic heterocycles. The van der Waals surface area contributed by atoms with Crippen molar-refractivity contribution >= 4 is 5.91 Å². The zero-order chi connectivity index (χ0) is 19.9. The normalized spacial score (nSPS) is 17.5. The van der Waals surface area contributed by atoms with Crippen LogP contribution in [0.25, 0.3) is 0 Å². The van der Waals surface area contributed by atoms with E-state index in [1.807, 2.05) is 18.7 Å². The number of pyridine rings is 1. The molecule has 2 aromatic rings. The number of aryl methyl sites for hydroxylation is 1. The van der Waals surface area contributed by atoms with Crippen LogP contribution in [-0.4, -0.2) is 53.4 Å². The van der Waals surface area contributed by atoms with Crippen molar-refractivity contribution in [2.24, 2.45) is 0 Å². The molecular weight excluding hydrogens is 346 g/mol. The first-order valence-corrected chi connectivity index (χ1v) is 10.6. The number of rotatable bonds is 7. The number of aromatic nitrogens is 1. The van der Waals surface area contributed by atoms with E-state index < -0.39 is 0 Å². The number of amides is 1. The van der Waals surface area contributed by atoms with Crippen molar-refractivity contribution in [3.8, 4) is 0 Å². The van der Waals surface area contributed by atoms with Gasteiger partial charge >= 0.3 is 0 Å². The van der Waals surface area contributed by atoms with E-state index in [-0.39, 0.29) is 5.91 Å². The van der Waals surface area contributed by atoms with Crippen molar-refractivity contribution in [3.63, 3.8) is 0 Å². The Morgan fingerprint density at radius 3 is 2.61 bits per heavy atom. The van der Waals surface area contributed by atoms with E-state index in [0.29, 0.717) is 12.5 Å². The molecule has 28 heavy (non-hydrogen) atoms. The fourth-order valence-corrected chi connectivity index (χ4v) is 4.22. The summed E-state index contributed by atoms with van der Waals surface area (Å²) in [5.74, 6) is 0.653. The Labute approximate surface area is 169 Å². The Morgan fingerprint density at radius 2 is 1.89 bits per heavy atom. The third-order valence-corrected chi connectivity index (χ3v) is 5.68. The fourth-order valence-electron chi connectivity index (χ4n) is 4.22. The summed E-state index contributed by atoms with van der Waals surface area (Å²) < 4.78 is 0. The number of benzene rings is 1. The largest absolute Gasteiger partial charge is 0.342 e. The van der Waals surface area contributed by atoms with Crippen LogP contribution in [0, 0.1) is 6.92 Å². The topological polar surface area (TPSA) is 36.4 Å². The molecule has 4 nitrogen and oxygen atoms in total. The van der Waals surface area contributed by atoms with Crippen LogP contribution in [0.15, 0.2) is 42.5 Å². The molecule has 4 heteroatoms. The van der Waals surface area contributed by atoms with Crippen molar-refractivity contribution in [2.75, 3.05) is 32.7 Å². The smallest absolute Gasteiger partial charge is 0.236 e. The van der Waals surface area contributed by atoms with Crippen LogP contribution in [0.5, 0.6) is 0 Å². The molecule has 0 bridgehead atoms. The van der Waals surface area contributed by atoms with Gasteiger partial charge < -0.3 is 4.90 Å². The minimum atomic E-state index is 0.243. The number of likely N-dealkylation sites (tertiary alicyclic amines) is 1. The van der Waals surface area contributed by atoms with Crippen molar-refractivity contribution in [1.29, 1.82) is 0 Å². The lowest BCUT2D eigenvalue weighted by Gasteiger charge is -2.33. The second kappa shape index (κ2) is 9.83. The van der Waals surface area contributed by atoms with E-state index in [0.717, 1.165) is 51.1 Å². The van der Waals surface area contributed by atoms with Crippen molar-refractivity contribution in [1.82, 2.24) is 14.8 Å². The monoisotopic (exact) mass is 379 g/mol. The summed E-state index contributed by atoms with van der Waals surface area (Å²) in [6, 6.07) is 15.1. The van der Waals surface area contributed by atoms with Gasteiger partial charge in [-0.05, 0) is 69.8 Å². The minimum Gasteiger partial charge on any atom is -0.342 e. The average molecular weight is 380 g/mol. The van der Waals surface area contributed by atoms with Crippen LogP contribution in [0.2, 0.25) is 0 Å². The summed E-state index contributed by atoms with van der Waals surface area (Å²) in [6.45, 7) is 10.2. The Kier molecular flexibility index (Phi) is 7.21. The number of hydrogen-bond acceptors (Lipinski definition) is 3. The number of nitrogens with zero attached hydrogens (tertiary/aromatic N) is 3. The predicted molar refractivity (Wildman–Crippen MR) is 115 cm³/mol. The zero-order valence-corrected chi connectivity index (χ0v) is 17.5. The quantitative estimate of drug-likeness (QED) is 0.729. The summed E-state index contributed by atoms with van der Waals surface area (Å²) in [5.41, 5.74) is 4.92. The molecule has 1 amide bonds. The molecule has 0 radical (unpaired) electrons. The van der Waals surface area contributed by atoms with Gasteiger partial charge in [-0.1, -0.05) is 30.3 Å². The molecule has 0 saturated carbocycles. The highest BCUT2D eigenvalue weighted by Crippen LogP contribution is 2.27. The highest BCUT2D eigenvalue weighted by Gasteiger charge is 2.25. The van der Waals surface area contributed by atoms with Gasteiger partial charge in [0.15, 0.2) is 0 Å². The molecule has 1 saturated heterocycles. The second-order valence-electron chi connectivity index (χ2n) is 7.84. The molecule has 0 N–H and O–H groups in total. The van der Waals surface area contributed by atoms with Gasteiger partial charge in [0.2, 0.25) is 5.91 Å². The number of carbonyl (C=O) groups excluding carboxylic acids is 1. The molecule has 150 valence electrons. The molecule has 1 fully saturated rings. The second-order valence-corrected chi connectivity index (χ2v) is 7.84. The lowest BCUT2D eigenvalue weighted by molar-refractivity contribution is -0.132. The summed E-state index contributed by atoms with van der Waals surface area (Å²) in [6.07, 6.45) is 3.21. The highest BCUT2D eigenvalue weighted by molar-refractivity contribution is 5.78. The number of piperidine rings is 1. The first-order valence-electron chi connectivity index (χ1n) is 10.6. The zero-order valence-electron chi connectivity index (χ0n) is 17.5. The van der Waals surface area contributed by atoms with Gasteiger partial charge in [-0.15, -0.1) is 0 Å². The Morgan fingerprint density at radius 1 is 1.14 bits per heavy atom. The van der Waals surface area contributed by atoms with E-state index in [1.54, 1.807) is 0 Å². The van der Waals surface area contributed by atoms with Gasteiger partial charge in [0.25, 0.3) is 0 Å². The summed E-state index contributed by atoms with van der Waals surface area (Å²) >= 11 is 0. The first-order chi connectivity index (χ1) is 13.6. The minimum absolute atomic E-state index is 0.243. The van der Waals surface area contributed by atoms with Crippen LogP contribution in [0.1, 0.15) is 55.1 Å². The van der Waals surface area contributed by atoms with Gasteiger partial charge in [-0.3, -0.25) is 14.7 Å². The van der Waals surface area contributed by atoms with Crippen molar-refractivity contribution < 1.29 is 4.79 Å². The van der Waals surface area contributed by atoms with E-state index >= 15 is 0 Å². The molecule has 0 spiro atoms. The third kappa shape index (κ3) is 5.41. The van der Waals surface area contributed by atoms with Gasteiger partial charge in [-0.25, -0.2) is 0 Å². The lowest BCUT2D eigenvalue weighted by Crippen LogP contribution is -2.43. The molecule has 1 atom stereocenters. The van der Waals surface area contributed by atoms with E-state index in [1.165, 1.54) is 16.8 Å². The van der Waals surface area contributed by atoms with E-state index in [4.69, 9.17) is 4.98 Å². The molecule has 3 rings (SSSR count). The van der Waals surface area contributed by atoms with Crippen LogP contribution in [0.4, 0.5) is 0 Å². The van der Waals surface area contributed by atoms with Gasteiger partial charge in [0, 0.05) is 36.9 Å². The molecular formula is C24H33N3O. The number of likely N-dealkylation sites (N-methyl/N-ethyl adjacent to an activating group) is 1. The van der Waals surface area contributed by atoms with Crippen LogP contribution < -0.4 is 0 Å². The Hall–Kier alpha value is -2.20. The fraction of sp³-hybridized carbons (Fsp3) is 0.500. The highest BCUT2D eigenvalue weighted by atomic mass is 16.2. The molecule has 2 heterocycles. The van der Waals surface area contributed by atoms with Crippen molar-refractivity contribution in [2.45, 2.75) is 46.0 Å². The summed E-state index contributed by atoms with van der Waals surface area (Å²) in [4.78, 5) is 21.6. The van der Waals surface area contributed by atoms with Crippen LogP contribution in [0.3, 0.4) is 0 Å². The Bertz CT molecular complexity index is 771. The predicted octanol–water partition coefficient (Wildman–Crippen LogP) is 4.03. The number of carbonyl (C=O) groups is 1. The summed E-state index contributed by atoms with van der Waals surface area (Å²) in [7, 11) is 0. The van der Waals surface area contributed by atoms with Gasteiger partial charge in [-0.2, -0.15) is 0 Å². The maximum Gasteiger partial charge on any atom is 0.236 e. The maximum atomic E-state index is 12.5. The molecule has 1 aromatic carbocycles. The molecule has 0 aliphatic carbocycles. The Balaban J connectivity index is 1.69. The molecule has 1 aliphatic rings. The average Bonchev–Trinajstić information content (AvgIpc) is 2.69. The third-order valence-electron chi connectivity index (χ3n) is 5.68. The SMILES string of the molecule is CCN(CC)C(=O)CN1CCC[C@H](c2cc(Cc3ccccc3)cc(C)n2)C1. The maximum absolute atomic E-state index is 12.5. The standard InChI is InChI=1S/C24H33N3O/c1-4-27(5-2)24(28)18-26-13-9-12-22(17-26)23-16-21(14-19(3)25-23)15-20-10-7-6-8-11-20/h6-8,10-11,14,16,22H,4-5,9,12-13,15,17-18H2,1-3H3/t22-/m0/s1. The van der Waals surface area contributed by atoms with Crippen LogP contribution >= 0.6 is 0 Å². The van der Waals surface area contributed by atoms with Crippen molar-refractivity contribution in [3.05, 3.63) is 65.0 Å².